The molecule has 1 heterocycles. The SMILES string of the molecule is COc1cccc(CNO[C@H]2O[C@H]([C@H](O)CO)[C@H](O)[C@H]2O)c1. The molecule has 0 aromatic heterocycles. The van der Waals surface area contributed by atoms with Crippen molar-refractivity contribution >= 4 is 0 Å². The molecule has 1 aromatic rings. The van der Waals surface area contributed by atoms with Gasteiger partial charge in [-0.05, 0) is 17.7 Å². The van der Waals surface area contributed by atoms with Crippen molar-refractivity contribution in [1.82, 2.24) is 5.48 Å². The van der Waals surface area contributed by atoms with E-state index in [4.69, 9.17) is 19.4 Å². The van der Waals surface area contributed by atoms with Gasteiger partial charge in [-0.1, -0.05) is 12.1 Å². The highest BCUT2D eigenvalue weighted by molar-refractivity contribution is 5.28. The fourth-order valence-electron chi connectivity index (χ4n) is 2.18. The van der Waals surface area contributed by atoms with Gasteiger partial charge in [0, 0.05) is 6.54 Å². The Hall–Kier alpha value is -1.26. The van der Waals surface area contributed by atoms with Crippen LogP contribution in [0.2, 0.25) is 0 Å². The molecule has 1 fully saturated rings. The van der Waals surface area contributed by atoms with Crippen LogP contribution in [0.4, 0.5) is 0 Å². The van der Waals surface area contributed by atoms with Gasteiger partial charge in [-0.2, -0.15) is 5.48 Å². The van der Waals surface area contributed by atoms with Crippen molar-refractivity contribution in [3.05, 3.63) is 29.8 Å². The van der Waals surface area contributed by atoms with E-state index < -0.39 is 37.3 Å². The number of methoxy groups -OCH3 is 1. The molecular weight excluding hydrogens is 294 g/mol. The average molecular weight is 315 g/mol. The highest BCUT2D eigenvalue weighted by Crippen LogP contribution is 2.24. The zero-order chi connectivity index (χ0) is 16.1. The van der Waals surface area contributed by atoms with Crippen molar-refractivity contribution in [3.8, 4) is 5.75 Å². The molecule has 0 radical (unpaired) electrons. The molecule has 124 valence electrons. The van der Waals surface area contributed by atoms with Gasteiger partial charge in [0.05, 0.1) is 13.7 Å². The second-order valence-electron chi connectivity index (χ2n) is 4.99. The van der Waals surface area contributed by atoms with E-state index in [9.17, 15) is 15.3 Å². The van der Waals surface area contributed by atoms with Crippen LogP contribution in [0.1, 0.15) is 5.56 Å². The van der Waals surface area contributed by atoms with Crippen LogP contribution in [-0.2, 0) is 16.1 Å². The summed E-state index contributed by atoms with van der Waals surface area (Å²) in [4.78, 5) is 5.17. The largest absolute Gasteiger partial charge is 0.497 e. The second kappa shape index (κ2) is 7.84. The molecule has 0 spiro atoms. The van der Waals surface area contributed by atoms with Gasteiger partial charge in [-0.15, -0.1) is 0 Å². The lowest BCUT2D eigenvalue weighted by Gasteiger charge is -2.18. The number of hydrogen-bond donors (Lipinski definition) is 5. The Bertz CT molecular complexity index is 472. The minimum absolute atomic E-state index is 0.326. The summed E-state index contributed by atoms with van der Waals surface area (Å²) in [5, 5.41) is 37.9. The molecular formula is C14H21NO7. The van der Waals surface area contributed by atoms with Crippen LogP contribution in [0.5, 0.6) is 5.75 Å². The molecule has 1 aliphatic heterocycles. The summed E-state index contributed by atoms with van der Waals surface area (Å²) in [6, 6.07) is 7.31. The molecule has 5 N–H and O–H groups in total. The Morgan fingerprint density at radius 3 is 2.77 bits per heavy atom. The third-order valence-corrected chi connectivity index (χ3v) is 3.43. The number of nitrogens with one attached hydrogen (secondary N) is 1. The van der Waals surface area contributed by atoms with Gasteiger partial charge in [0.15, 0.2) is 0 Å². The summed E-state index contributed by atoms with van der Waals surface area (Å²) in [6.07, 6.45) is -6.22. The number of rotatable bonds is 7. The van der Waals surface area contributed by atoms with Crippen molar-refractivity contribution in [2.45, 2.75) is 37.3 Å². The Morgan fingerprint density at radius 1 is 1.32 bits per heavy atom. The monoisotopic (exact) mass is 315 g/mol. The molecule has 0 aliphatic carbocycles. The smallest absolute Gasteiger partial charge is 0.206 e. The average Bonchev–Trinajstić information content (AvgIpc) is 2.83. The van der Waals surface area contributed by atoms with Crippen LogP contribution < -0.4 is 10.2 Å². The standard InChI is InChI=1S/C14H21NO7/c1-20-9-4-2-3-8(5-9)6-15-22-14-12(19)11(18)13(21-14)10(17)7-16/h2-5,10-19H,6-7H2,1H3/t10-,11-,12-,13-,14-/m1/s1. The minimum atomic E-state index is -1.34. The quantitative estimate of drug-likeness (QED) is 0.386. The van der Waals surface area contributed by atoms with E-state index in [-0.39, 0.29) is 0 Å². The summed E-state index contributed by atoms with van der Waals surface area (Å²) in [6.45, 7) is -0.258. The Kier molecular flexibility index (Phi) is 6.09. The Balaban J connectivity index is 1.84. The van der Waals surface area contributed by atoms with Crippen molar-refractivity contribution < 1.29 is 34.7 Å². The van der Waals surface area contributed by atoms with Crippen LogP contribution in [0, 0.1) is 0 Å². The normalized spacial score (nSPS) is 29.5. The maximum absolute atomic E-state index is 9.80. The lowest BCUT2D eigenvalue weighted by Crippen LogP contribution is -2.40. The van der Waals surface area contributed by atoms with Crippen molar-refractivity contribution in [1.29, 1.82) is 0 Å². The second-order valence-corrected chi connectivity index (χ2v) is 4.99. The Morgan fingerprint density at radius 2 is 2.09 bits per heavy atom. The maximum atomic E-state index is 9.80. The molecule has 0 saturated carbocycles. The van der Waals surface area contributed by atoms with Crippen molar-refractivity contribution in [3.63, 3.8) is 0 Å². The van der Waals surface area contributed by atoms with Crippen LogP contribution in [-0.4, -0.2) is 64.8 Å². The van der Waals surface area contributed by atoms with E-state index in [1.54, 1.807) is 7.11 Å². The van der Waals surface area contributed by atoms with Gasteiger partial charge in [-0.25, -0.2) is 0 Å². The molecule has 0 unspecified atom stereocenters. The Labute approximate surface area is 127 Å². The molecule has 5 atom stereocenters. The summed E-state index contributed by atoms with van der Waals surface area (Å²) in [5.41, 5.74) is 3.52. The molecule has 8 heteroatoms. The predicted octanol–water partition coefficient (Wildman–Crippen LogP) is -1.48. The summed E-state index contributed by atoms with van der Waals surface area (Å²) in [5.74, 6) is 0.706. The number of hydroxylamine groups is 1. The van der Waals surface area contributed by atoms with Gasteiger partial charge < -0.3 is 29.9 Å². The van der Waals surface area contributed by atoms with Crippen LogP contribution >= 0.6 is 0 Å². The first-order valence-electron chi connectivity index (χ1n) is 6.88. The zero-order valence-corrected chi connectivity index (χ0v) is 12.1. The predicted molar refractivity (Wildman–Crippen MR) is 74.7 cm³/mol. The van der Waals surface area contributed by atoms with Gasteiger partial charge in [0.25, 0.3) is 0 Å². The number of benzene rings is 1. The first-order valence-corrected chi connectivity index (χ1v) is 6.88. The molecule has 8 nitrogen and oxygen atoms in total. The fraction of sp³-hybridized carbons (Fsp3) is 0.571. The fourth-order valence-corrected chi connectivity index (χ4v) is 2.18. The van der Waals surface area contributed by atoms with Crippen LogP contribution in [0.3, 0.4) is 0 Å². The highest BCUT2D eigenvalue weighted by Gasteiger charge is 2.46. The van der Waals surface area contributed by atoms with Gasteiger partial charge in [0.1, 0.15) is 30.2 Å². The third-order valence-electron chi connectivity index (χ3n) is 3.43. The maximum Gasteiger partial charge on any atom is 0.206 e. The zero-order valence-electron chi connectivity index (χ0n) is 12.1. The number of ether oxygens (including phenoxy) is 2. The molecule has 0 bridgehead atoms. The van der Waals surface area contributed by atoms with Gasteiger partial charge in [-0.3, -0.25) is 4.84 Å². The van der Waals surface area contributed by atoms with Crippen LogP contribution in [0.25, 0.3) is 0 Å². The van der Waals surface area contributed by atoms with E-state index in [1.165, 1.54) is 0 Å². The summed E-state index contributed by atoms with van der Waals surface area (Å²) >= 11 is 0. The van der Waals surface area contributed by atoms with Crippen LogP contribution in [0.15, 0.2) is 24.3 Å². The first-order chi connectivity index (χ1) is 10.6. The lowest BCUT2D eigenvalue weighted by molar-refractivity contribution is -0.211. The summed E-state index contributed by atoms with van der Waals surface area (Å²) in [7, 11) is 1.57. The summed E-state index contributed by atoms with van der Waals surface area (Å²) < 4.78 is 10.3. The first kappa shape index (κ1) is 17.1. The van der Waals surface area contributed by atoms with E-state index in [1.807, 2.05) is 24.3 Å². The van der Waals surface area contributed by atoms with Gasteiger partial charge in [0.2, 0.25) is 6.29 Å². The minimum Gasteiger partial charge on any atom is -0.497 e. The molecule has 0 amide bonds. The molecule has 1 saturated heterocycles. The topological polar surface area (TPSA) is 121 Å². The number of aliphatic hydroxyl groups excluding tert-OH is 4. The highest BCUT2D eigenvalue weighted by atomic mass is 16.8. The van der Waals surface area contributed by atoms with Crippen molar-refractivity contribution in [2.75, 3.05) is 13.7 Å². The van der Waals surface area contributed by atoms with E-state index in [0.29, 0.717) is 12.3 Å². The molecule has 1 aliphatic rings. The number of hydrogen-bond acceptors (Lipinski definition) is 8. The molecule has 22 heavy (non-hydrogen) atoms. The van der Waals surface area contributed by atoms with Crippen molar-refractivity contribution in [2.24, 2.45) is 0 Å². The van der Waals surface area contributed by atoms with E-state index >= 15 is 0 Å². The number of aliphatic hydroxyl groups is 4. The lowest BCUT2D eigenvalue weighted by atomic mass is 10.1. The van der Waals surface area contributed by atoms with E-state index in [2.05, 4.69) is 5.48 Å². The van der Waals surface area contributed by atoms with E-state index in [0.717, 1.165) is 5.56 Å². The van der Waals surface area contributed by atoms with Gasteiger partial charge >= 0.3 is 0 Å². The molecule has 2 rings (SSSR count). The molecule has 1 aromatic carbocycles. The third kappa shape index (κ3) is 3.93.